The van der Waals surface area contributed by atoms with E-state index in [1.54, 1.807) is 0 Å². The second-order valence-corrected chi connectivity index (χ2v) is 16.5. The van der Waals surface area contributed by atoms with Crippen molar-refractivity contribution in [2.24, 2.45) is 0 Å². The number of unbranched alkanes of at least 4 members (excludes halogenated alkanes) is 22. The minimum atomic E-state index is -4.26. The van der Waals surface area contributed by atoms with Crippen molar-refractivity contribution in [2.75, 3.05) is 54.1 Å². The van der Waals surface area contributed by atoms with Gasteiger partial charge in [-0.15, -0.1) is 0 Å². The van der Waals surface area contributed by atoms with Gasteiger partial charge in [0.1, 0.15) is 19.3 Å². The first-order chi connectivity index (χ1) is 23.6. The Morgan fingerprint density at radius 3 is 1.61 bits per heavy atom. The molecule has 0 saturated heterocycles. The second-order valence-electron chi connectivity index (χ2n) is 15.0. The molecule has 0 radical (unpaired) electrons. The summed E-state index contributed by atoms with van der Waals surface area (Å²) < 4.78 is 34.9. The van der Waals surface area contributed by atoms with Gasteiger partial charge in [-0.05, 0) is 32.1 Å². The lowest BCUT2D eigenvalue weighted by Gasteiger charge is -2.24. The van der Waals surface area contributed by atoms with Gasteiger partial charge in [-0.2, -0.15) is 0 Å². The molecule has 0 fully saturated rings. The van der Waals surface area contributed by atoms with E-state index >= 15 is 0 Å². The van der Waals surface area contributed by atoms with Gasteiger partial charge in [0.2, 0.25) is 0 Å². The lowest BCUT2D eigenvalue weighted by atomic mass is 10.0. The van der Waals surface area contributed by atoms with Crippen LogP contribution in [-0.2, 0) is 27.9 Å². The highest BCUT2D eigenvalue weighted by Gasteiger charge is 2.26. The second kappa shape index (κ2) is 34.3. The largest absolute Gasteiger partial charge is 0.472 e. The Balaban J connectivity index is 4.25. The van der Waals surface area contributed by atoms with Crippen LogP contribution < -0.4 is 0 Å². The highest BCUT2D eigenvalue weighted by molar-refractivity contribution is 7.47. The van der Waals surface area contributed by atoms with Gasteiger partial charge in [-0.3, -0.25) is 13.8 Å². The topological polar surface area (TPSA) is 91.3 Å². The Morgan fingerprint density at radius 2 is 1.08 bits per heavy atom. The lowest BCUT2D eigenvalue weighted by Crippen LogP contribution is -2.37. The van der Waals surface area contributed by atoms with Gasteiger partial charge in [0.05, 0.1) is 34.4 Å². The van der Waals surface area contributed by atoms with E-state index in [1.807, 2.05) is 21.1 Å². The number of phosphoric ester groups is 1. The molecule has 0 aliphatic heterocycles. The van der Waals surface area contributed by atoms with Crippen LogP contribution in [0.25, 0.3) is 0 Å². The van der Waals surface area contributed by atoms with E-state index in [-0.39, 0.29) is 25.8 Å². The minimum Gasteiger partial charge on any atom is -0.457 e. The summed E-state index contributed by atoms with van der Waals surface area (Å²) in [6, 6.07) is 0. The number of carbonyl (C=O) groups excluding carboxylic acids is 1. The van der Waals surface area contributed by atoms with Crippen LogP contribution in [0.2, 0.25) is 0 Å². The number of allylic oxidation sites excluding steroid dienone is 2. The first-order valence-electron chi connectivity index (χ1n) is 20.4. The smallest absolute Gasteiger partial charge is 0.457 e. The van der Waals surface area contributed by atoms with Crippen LogP contribution in [0.5, 0.6) is 0 Å². The fraction of sp³-hybridized carbons (Fsp3) is 0.925. The molecule has 2 atom stereocenters. The Labute approximate surface area is 303 Å². The molecule has 0 aromatic rings. The van der Waals surface area contributed by atoms with Gasteiger partial charge in [0, 0.05) is 13.0 Å². The summed E-state index contributed by atoms with van der Waals surface area (Å²) in [6.07, 6.45) is 35.2. The van der Waals surface area contributed by atoms with Gasteiger partial charge in [-0.1, -0.05) is 154 Å². The quantitative estimate of drug-likeness (QED) is 0.0223. The molecule has 0 amide bonds. The number of ether oxygens (including phenoxy) is 2. The van der Waals surface area contributed by atoms with E-state index in [4.69, 9.17) is 18.5 Å². The monoisotopic (exact) mass is 719 g/mol. The van der Waals surface area contributed by atoms with Crippen molar-refractivity contribution in [3.63, 3.8) is 0 Å². The van der Waals surface area contributed by atoms with Crippen molar-refractivity contribution in [1.29, 1.82) is 0 Å². The number of quaternary nitrogens is 1. The Kier molecular flexibility index (Phi) is 33.8. The number of likely N-dealkylation sites (N-methyl/N-ethyl adjacent to an activating group) is 1. The predicted molar refractivity (Wildman–Crippen MR) is 206 cm³/mol. The fourth-order valence-electron chi connectivity index (χ4n) is 5.59. The molecule has 0 spiro atoms. The zero-order valence-electron chi connectivity index (χ0n) is 32.9. The molecule has 0 rings (SSSR count). The maximum absolute atomic E-state index is 12.6. The molecule has 0 aliphatic carbocycles. The van der Waals surface area contributed by atoms with Crippen molar-refractivity contribution >= 4 is 13.8 Å². The van der Waals surface area contributed by atoms with Gasteiger partial charge in [0.15, 0.2) is 0 Å². The minimum absolute atomic E-state index is 0.0904. The average molecular weight is 719 g/mol. The zero-order valence-corrected chi connectivity index (χ0v) is 33.8. The SMILES string of the molecule is CCCC/C=C\CCCCCCCCOCC(COP(=O)(O)OCC[N+](C)(C)C)OC(=O)CCCCCCCCCCCCCCCCC. The first kappa shape index (κ1) is 48.2. The van der Waals surface area contributed by atoms with E-state index in [2.05, 4.69) is 26.0 Å². The molecule has 0 saturated carbocycles. The van der Waals surface area contributed by atoms with E-state index in [1.165, 1.54) is 128 Å². The number of esters is 1. The van der Waals surface area contributed by atoms with Gasteiger partial charge < -0.3 is 18.9 Å². The molecule has 0 aliphatic rings. The van der Waals surface area contributed by atoms with Crippen molar-refractivity contribution in [1.82, 2.24) is 0 Å². The maximum Gasteiger partial charge on any atom is 0.472 e. The molecule has 0 heterocycles. The number of hydrogen-bond donors (Lipinski definition) is 1. The van der Waals surface area contributed by atoms with E-state index in [0.29, 0.717) is 24.1 Å². The third-order valence-electron chi connectivity index (χ3n) is 8.83. The summed E-state index contributed by atoms with van der Waals surface area (Å²) >= 11 is 0. The Bertz CT molecular complexity index is 802. The van der Waals surface area contributed by atoms with E-state index < -0.39 is 13.9 Å². The van der Waals surface area contributed by atoms with Gasteiger partial charge in [0.25, 0.3) is 0 Å². The molecule has 292 valence electrons. The fourth-order valence-corrected chi connectivity index (χ4v) is 6.33. The zero-order chi connectivity index (χ0) is 36.3. The molecule has 49 heavy (non-hydrogen) atoms. The molecule has 0 aromatic carbocycles. The Morgan fingerprint density at radius 1 is 0.612 bits per heavy atom. The van der Waals surface area contributed by atoms with E-state index in [0.717, 1.165) is 32.1 Å². The molecule has 8 nitrogen and oxygen atoms in total. The van der Waals surface area contributed by atoms with Crippen LogP contribution in [0.4, 0.5) is 0 Å². The predicted octanol–water partition coefficient (Wildman–Crippen LogP) is 11.5. The number of hydrogen-bond acceptors (Lipinski definition) is 6. The standard InChI is InChI=1S/C40H80NO7P/c1-6-8-10-12-14-16-18-20-21-22-23-25-27-29-31-33-40(42)48-39(38-47-49(43,44)46-36-34-41(3,4)5)37-45-35-32-30-28-26-24-19-17-15-13-11-9-7-2/h13,15,39H,6-12,14,16-38H2,1-5H3/p+1/b15-13-. The number of rotatable bonds is 38. The van der Waals surface area contributed by atoms with Crippen molar-refractivity contribution in [2.45, 2.75) is 187 Å². The number of carbonyl (C=O) groups is 1. The summed E-state index contributed by atoms with van der Waals surface area (Å²) in [4.78, 5) is 22.8. The molecular weight excluding hydrogens is 637 g/mol. The van der Waals surface area contributed by atoms with Crippen LogP contribution in [0.15, 0.2) is 12.2 Å². The van der Waals surface area contributed by atoms with Crippen LogP contribution >= 0.6 is 7.82 Å². The molecule has 0 bridgehead atoms. The lowest BCUT2D eigenvalue weighted by molar-refractivity contribution is -0.870. The summed E-state index contributed by atoms with van der Waals surface area (Å²) in [5.41, 5.74) is 0. The molecule has 2 unspecified atom stereocenters. The number of phosphoric acid groups is 1. The summed E-state index contributed by atoms with van der Waals surface area (Å²) in [5.74, 6) is -0.314. The van der Waals surface area contributed by atoms with Crippen molar-refractivity contribution in [3.05, 3.63) is 12.2 Å². The summed E-state index contributed by atoms with van der Waals surface area (Å²) in [6.45, 7) is 5.60. The maximum atomic E-state index is 12.6. The molecule has 0 aromatic heterocycles. The van der Waals surface area contributed by atoms with Crippen LogP contribution in [-0.4, -0.2) is 75.6 Å². The summed E-state index contributed by atoms with van der Waals surface area (Å²) in [5, 5.41) is 0. The highest BCUT2D eigenvalue weighted by Crippen LogP contribution is 2.43. The van der Waals surface area contributed by atoms with Crippen LogP contribution in [0.1, 0.15) is 181 Å². The average Bonchev–Trinajstić information content (AvgIpc) is 3.04. The van der Waals surface area contributed by atoms with Crippen LogP contribution in [0.3, 0.4) is 0 Å². The van der Waals surface area contributed by atoms with Crippen molar-refractivity contribution in [3.8, 4) is 0 Å². The molecule has 9 heteroatoms. The third-order valence-corrected chi connectivity index (χ3v) is 9.81. The van der Waals surface area contributed by atoms with Crippen LogP contribution in [0, 0.1) is 0 Å². The Hall–Kier alpha value is -0.760. The van der Waals surface area contributed by atoms with Crippen molar-refractivity contribution < 1.29 is 37.3 Å². The normalized spacial score (nSPS) is 14.0. The molecular formula is C40H81NO7P+. The van der Waals surface area contributed by atoms with Gasteiger partial charge >= 0.3 is 13.8 Å². The van der Waals surface area contributed by atoms with E-state index in [9.17, 15) is 14.3 Å². The third kappa shape index (κ3) is 38.3. The first-order valence-corrected chi connectivity index (χ1v) is 21.9. The summed E-state index contributed by atoms with van der Waals surface area (Å²) in [7, 11) is 1.67. The van der Waals surface area contributed by atoms with Gasteiger partial charge in [-0.25, -0.2) is 4.57 Å². The molecule has 1 N–H and O–H groups in total. The number of nitrogens with zero attached hydrogens (tertiary/aromatic N) is 1. The highest BCUT2D eigenvalue weighted by atomic mass is 31.2.